The van der Waals surface area contributed by atoms with Gasteiger partial charge in [0.05, 0.1) is 7.11 Å². The molecule has 1 aliphatic heterocycles. The summed E-state index contributed by atoms with van der Waals surface area (Å²) in [5.74, 6) is 0.645. The lowest BCUT2D eigenvalue weighted by molar-refractivity contribution is 0.404. The number of fused-ring (bicyclic) bond motifs is 1. The highest BCUT2D eigenvalue weighted by Gasteiger charge is 2.28. The van der Waals surface area contributed by atoms with E-state index in [0.717, 1.165) is 16.7 Å². The van der Waals surface area contributed by atoms with Gasteiger partial charge in [0, 0.05) is 15.6 Å². The van der Waals surface area contributed by atoms with Crippen LogP contribution in [0.15, 0.2) is 47.5 Å². The van der Waals surface area contributed by atoms with Gasteiger partial charge in [-0.2, -0.15) is 0 Å². The first kappa shape index (κ1) is 12.5. The molecule has 0 N–H and O–H groups in total. The van der Waals surface area contributed by atoms with Crippen LogP contribution in [0.5, 0.6) is 0 Å². The molecule has 3 rings (SSSR count). The van der Waals surface area contributed by atoms with Crippen molar-refractivity contribution in [3.8, 4) is 0 Å². The third kappa shape index (κ3) is 2.11. The fourth-order valence-corrected chi connectivity index (χ4v) is 2.82. The van der Waals surface area contributed by atoms with Gasteiger partial charge in [-0.05, 0) is 29.3 Å². The lowest BCUT2D eigenvalue weighted by Crippen LogP contribution is -1.99. The number of halogens is 2. The van der Waals surface area contributed by atoms with E-state index in [4.69, 9.17) is 27.9 Å². The first-order valence-corrected chi connectivity index (χ1v) is 6.62. The summed E-state index contributed by atoms with van der Waals surface area (Å²) in [5, 5.41) is 1.24. The normalized spacial score (nSPS) is 17.0. The number of methoxy groups -OCH3 is 1. The Hall–Kier alpha value is -1.51. The van der Waals surface area contributed by atoms with E-state index in [1.54, 1.807) is 13.2 Å². The van der Waals surface area contributed by atoms with Gasteiger partial charge in [0.2, 0.25) is 5.90 Å². The summed E-state index contributed by atoms with van der Waals surface area (Å²) in [7, 11) is 1.63. The summed E-state index contributed by atoms with van der Waals surface area (Å²) in [6.07, 6.45) is 0. The van der Waals surface area contributed by atoms with Crippen LogP contribution >= 0.6 is 23.2 Å². The van der Waals surface area contributed by atoms with E-state index in [2.05, 4.69) is 4.99 Å². The SMILES string of the molecule is COC1=NC(c2ccc(Cl)cc2Cl)c2ccccc21. The van der Waals surface area contributed by atoms with E-state index in [0.29, 0.717) is 15.9 Å². The number of aliphatic imine (C=N–C) groups is 1. The molecule has 4 heteroatoms. The van der Waals surface area contributed by atoms with Crippen LogP contribution in [0.1, 0.15) is 22.7 Å². The second-order valence-corrected chi connectivity index (χ2v) is 5.14. The van der Waals surface area contributed by atoms with E-state index in [1.807, 2.05) is 36.4 Å². The van der Waals surface area contributed by atoms with Gasteiger partial charge in [-0.15, -0.1) is 0 Å². The van der Waals surface area contributed by atoms with Gasteiger partial charge in [0.25, 0.3) is 0 Å². The van der Waals surface area contributed by atoms with Gasteiger partial charge in [0.1, 0.15) is 6.04 Å². The van der Waals surface area contributed by atoms with Crippen molar-refractivity contribution in [3.05, 3.63) is 69.2 Å². The van der Waals surface area contributed by atoms with Gasteiger partial charge in [0.15, 0.2) is 0 Å². The molecule has 0 saturated carbocycles. The smallest absolute Gasteiger partial charge is 0.217 e. The number of hydrogen-bond donors (Lipinski definition) is 0. The fourth-order valence-electron chi connectivity index (χ4n) is 2.31. The monoisotopic (exact) mass is 291 g/mol. The zero-order valence-corrected chi connectivity index (χ0v) is 11.7. The molecule has 1 aliphatic rings. The van der Waals surface area contributed by atoms with Crippen LogP contribution in [0.4, 0.5) is 0 Å². The maximum atomic E-state index is 6.27. The van der Waals surface area contributed by atoms with Crippen LogP contribution in [-0.4, -0.2) is 13.0 Å². The van der Waals surface area contributed by atoms with Gasteiger partial charge in [-0.3, -0.25) is 0 Å². The molecule has 0 spiro atoms. The molecule has 2 aromatic rings. The van der Waals surface area contributed by atoms with Crippen LogP contribution in [0.2, 0.25) is 10.0 Å². The van der Waals surface area contributed by atoms with Crippen LogP contribution in [0.3, 0.4) is 0 Å². The van der Waals surface area contributed by atoms with E-state index in [-0.39, 0.29) is 6.04 Å². The highest BCUT2D eigenvalue weighted by molar-refractivity contribution is 6.35. The average molecular weight is 292 g/mol. The number of benzene rings is 2. The predicted molar refractivity (Wildman–Crippen MR) is 78.3 cm³/mol. The van der Waals surface area contributed by atoms with Gasteiger partial charge < -0.3 is 4.74 Å². The van der Waals surface area contributed by atoms with Crippen molar-refractivity contribution in [1.82, 2.24) is 0 Å². The summed E-state index contributed by atoms with van der Waals surface area (Å²) in [6, 6.07) is 13.3. The van der Waals surface area contributed by atoms with E-state index in [1.165, 1.54) is 0 Å². The topological polar surface area (TPSA) is 21.6 Å². The Bertz CT molecular complexity index is 667. The molecule has 0 saturated heterocycles. The minimum absolute atomic E-state index is 0.129. The Morgan fingerprint density at radius 3 is 2.58 bits per heavy atom. The summed E-state index contributed by atoms with van der Waals surface area (Å²) < 4.78 is 5.33. The summed E-state index contributed by atoms with van der Waals surface area (Å²) >= 11 is 12.2. The average Bonchev–Trinajstić information content (AvgIpc) is 2.78. The van der Waals surface area contributed by atoms with E-state index < -0.39 is 0 Å². The maximum Gasteiger partial charge on any atom is 0.217 e. The highest BCUT2D eigenvalue weighted by Crippen LogP contribution is 2.38. The van der Waals surface area contributed by atoms with Crippen molar-refractivity contribution in [3.63, 3.8) is 0 Å². The molecule has 0 bridgehead atoms. The molecule has 1 atom stereocenters. The van der Waals surface area contributed by atoms with Crippen molar-refractivity contribution in [1.29, 1.82) is 0 Å². The predicted octanol–water partition coefficient (Wildman–Crippen LogP) is 4.49. The molecule has 96 valence electrons. The second kappa shape index (κ2) is 4.87. The molecule has 19 heavy (non-hydrogen) atoms. The Morgan fingerprint density at radius 2 is 1.84 bits per heavy atom. The zero-order chi connectivity index (χ0) is 13.4. The minimum Gasteiger partial charge on any atom is -0.481 e. The largest absolute Gasteiger partial charge is 0.481 e. The third-order valence-electron chi connectivity index (χ3n) is 3.18. The first-order chi connectivity index (χ1) is 9.20. The second-order valence-electron chi connectivity index (χ2n) is 4.29. The lowest BCUT2D eigenvalue weighted by Gasteiger charge is -2.11. The molecule has 1 heterocycles. The summed E-state index contributed by atoms with van der Waals surface area (Å²) in [6.45, 7) is 0. The number of nitrogens with zero attached hydrogens (tertiary/aromatic N) is 1. The van der Waals surface area contributed by atoms with Crippen molar-refractivity contribution in [2.45, 2.75) is 6.04 Å². The Balaban J connectivity index is 2.14. The first-order valence-electron chi connectivity index (χ1n) is 5.86. The fraction of sp³-hybridized carbons (Fsp3) is 0.133. The lowest BCUT2D eigenvalue weighted by atomic mass is 9.98. The van der Waals surface area contributed by atoms with Crippen LogP contribution in [0.25, 0.3) is 0 Å². The Morgan fingerprint density at radius 1 is 1.05 bits per heavy atom. The highest BCUT2D eigenvalue weighted by atomic mass is 35.5. The third-order valence-corrected chi connectivity index (χ3v) is 3.74. The Kier molecular flexibility index (Phi) is 3.21. The number of ether oxygens (including phenoxy) is 1. The summed E-state index contributed by atoms with van der Waals surface area (Å²) in [4.78, 5) is 4.60. The molecule has 2 nitrogen and oxygen atoms in total. The van der Waals surface area contributed by atoms with E-state index in [9.17, 15) is 0 Å². The number of hydrogen-bond acceptors (Lipinski definition) is 2. The van der Waals surface area contributed by atoms with Gasteiger partial charge >= 0.3 is 0 Å². The van der Waals surface area contributed by atoms with Crippen molar-refractivity contribution in [2.75, 3.05) is 7.11 Å². The van der Waals surface area contributed by atoms with Crippen molar-refractivity contribution < 1.29 is 4.74 Å². The molecule has 0 radical (unpaired) electrons. The van der Waals surface area contributed by atoms with Crippen LogP contribution in [-0.2, 0) is 4.74 Å². The molecule has 1 unspecified atom stereocenters. The van der Waals surface area contributed by atoms with Crippen LogP contribution < -0.4 is 0 Å². The van der Waals surface area contributed by atoms with Gasteiger partial charge in [-0.25, -0.2) is 4.99 Å². The molecule has 2 aromatic carbocycles. The van der Waals surface area contributed by atoms with E-state index >= 15 is 0 Å². The Labute approximate surface area is 121 Å². The molecular formula is C15H11Cl2NO. The molecular weight excluding hydrogens is 281 g/mol. The summed E-state index contributed by atoms with van der Waals surface area (Å²) in [5.41, 5.74) is 3.05. The molecule has 0 aliphatic carbocycles. The maximum absolute atomic E-state index is 6.27. The molecule has 0 fully saturated rings. The number of rotatable bonds is 1. The quantitative estimate of drug-likeness (QED) is 0.759. The van der Waals surface area contributed by atoms with Crippen LogP contribution in [0, 0.1) is 0 Å². The van der Waals surface area contributed by atoms with Crippen molar-refractivity contribution >= 4 is 29.1 Å². The molecule has 0 aromatic heterocycles. The van der Waals surface area contributed by atoms with Gasteiger partial charge in [-0.1, -0.05) is 47.5 Å². The zero-order valence-electron chi connectivity index (χ0n) is 10.2. The standard InChI is InChI=1S/C15H11Cl2NO/c1-19-15-11-5-3-2-4-10(11)14(18-15)12-7-6-9(16)8-13(12)17/h2-8,14H,1H3. The minimum atomic E-state index is -0.129. The van der Waals surface area contributed by atoms with Crippen molar-refractivity contribution in [2.24, 2.45) is 4.99 Å². The molecule has 0 amide bonds.